The SMILES string of the molecule is COc1ccc(C(=O)OCC(=O)Nc2cc(C)cc(C)c2)c(O)c1. The highest BCUT2D eigenvalue weighted by Gasteiger charge is 2.15. The van der Waals surface area contributed by atoms with Gasteiger partial charge in [0, 0.05) is 11.8 Å². The molecule has 0 aliphatic carbocycles. The number of phenols is 1. The van der Waals surface area contributed by atoms with Gasteiger partial charge in [-0.15, -0.1) is 0 Å². The summed E-state index contributed by atoms with van der Waals surface area (Å²) >= 11 is 0. The molecule has 0 radical (unpaired) electrons. The monoisotopic (exact) mass is 329 g/mol. The first-order valence-corrected chi connectivity index (χ1v) is 7.31. The van der Waals surface area contributed by atoms with Crippen molar-refractivity contribution in [3.8, 4) is 11.5 Å². The van der Waals surface area contributed by atoms with Crippen LogP contribution in [0, 0.1) is 13.8 Å². The van der Waals surface area contributed by atoms with Crippen LogP contribution in [0.2, 0.25) is 0 Å². The molecule has 0 heterocycles. The van der Waals surface area contributed by atoms with Crippen molar-refractivity contribution < 1.29 is 24.2 Å². The Morgan fingerprint density at radius 2 is 1.75 bits per heavy atom. The fraction of sp³-hybridized carbons (Fsp3) is 0.222. The number of carbonyl (C=O) groups excluding carboxylic acids is 2. The van der Waals surface area contributed by atoms with Gasteiger partial charge in [0.05, 0.1) is 7.11 Å². The number of esters is 1. The van der Waals surface area contributed by atoms with Crippen molar-refractivity contribution in [3.63, 3.8) is 0 Å². The van der Waals surface area contributed by atoms with Crippen LogP contribution in [0.4, 0.5) is 5.69 Å². The quantitative estimate of drug-likeness (QED) is 0.824. The van der Waals surface area contributed by atoms with Crippen LogP contribution in [-0.2, 0) is 9.53 Å². The molecule has 0 bridgehead atoms. The van der Waals surface area contributed by atoms with Crippen molar-refractivity contribution in [2.24, 2.45) is 0 Å². The van der Waals surface area contributed by atoms with E-state index in [4.69, 9.17) is 9.47 Å². The molecule has 0 fully saturated rings. The van der Waals surface area contributed by atoms with E-state index >= 15 is 0 Å². The molecule has 0 saturated heterocycles. The highest BCUT2D eigenvalue weighted by Crippen LogP contribution is 2.24. The standard InChI is InChI=1S/C18H19NO5/c1-11-6-12(2)8-13(7-11)19-17(21)10-24-18(22)15-5-4-14(23-3)9-16(15)20/h4-9,20H,10H2,1-3H3,(H,19,21). The summed E-state index contributed by atoms with van der Waals surface area (Å²) in [5, 5.41) is 12.4. The van der Waals surface area contributed by atoms with Gasteiger partial charge in [-0.05, 0) is 49.2 Å². The predicted octanol–water partition coefficient (Wildman–Crippen LogP) is 2.81. The molecule has 0 spiro atoms. The number of hydrogen-bond acceptors (Lipinski definition) is 5. The minimum Gasteiger partial charge on any atom is -0.507 e. The van der Waals surface area contributed by atoms with Crippen LogP contribution in [0.15, 0.2) is 36.4 Å². The van der Waals surface area contributed by atoms with Gasteiger partial charge in [-0.2, -0.15) is 0 Å². The van der Waals surface area contributed by atoms with Gasteiger partial charge in [0.15, 0.2) is 6.61 Å². The van der Waals surface area contributed by atoms with Crippen molar-refractivity contribution in [2.45, 2.75) is 13.8 Å². The van der Waals surface area contributed by atoms with Crippen LogP contribution in [0.3, 0.4) is 0 Å². The number of rotatable bonds is 5. The van der Waals surface area contributed by atoms with E-state index < -0.39 is 18.5 Å². The maximum Gasteiger partial charge on any atom is 0.342 e. The molecule has 2 N–H and O–H groups in total. The van der Waals surface area contributed by atoms with E-state index in [9.17, 15) is 14.7 Å². The number of phenolic OH excluding ortho intramolecular Hbond substituents is 1. The van der Waals surface area contributed by atoms with Crippen molar-refractivity contribution in [1.29, 1.82) is 0 Å². The lowest BCUT2D eigenvalue weighted by Gasteiger charge is -2.09. The lowest BCUT2D eigenvalue weighted by atomic mass is 10.1. The van der Waals surface area contributed by atoms with Crippen LogP contribution >= 0.6 is 0 Å². The average molecular weight is 329 g/mol. The van der Waals surface area contributed by atoms with Crippen molar-refractivity contribution in [3.05, 3.63) is 53.1 Å². The molecule has 0 aliphatic heterocycles. The van der Waals surface area contributed by atoms with Gasteiger partial charge in [0.25, 0.3) is 5.91 Å². The Labute approximate surface area is 140 Å². The fourth-order valence-corrected chi connectivity index (χ4v) is 2.26. The lowest BCUT2D eigenvalue weighted by molar-refractivity contribution is -0.119. The molecule has 126 valence electrons. The van der Waals surface area contributed by atoms with E-state index in [0.29, 0.717) is 11.4 Å². The Morgan fingerprint density at radius 1 is 1.08 bits per heavy atom. The lowest BCUT2D eigenvalue weighted by Crippen LogP contribution is -2.21. The second kappa shape index (κ2) is 7.50. The predicted molar refractivity (Wildman–Crippen MR) is 89.5 cm³/mol. The topological polar surface area (TPSA) is 84.9 Å². The number of amides is 1. The molecule has 0 aromatic heterocycles. The van der Waals surface area contributed by atoms with Crippen LogP contribution in [0.1, 0.15) is 21.5 Å². The van der Waals surface area contributed by atoms with Gasteiger partial charge in [-0.3, -0.25) is 4.79 Å². The normalized spacial score (nSPS) is 10.1. The van der Waals surface area contributed by atoms with E-state index in [2.05, 4.69) is 5.32 Å². The third-order valence-electron chi connectivity index (χ3n) is 3.26. The second-order valence-electron chi connectivity index (χ2n) is 5.38. The van der Waals surface area contributed by atoms with E-state index in [-0.39, 0.29) is 11.3 Å². The first kappa shape index (κ1) is 17.3. The summed E-state index contributed by atoms with van der Waals surface area (Å²) in [6, 6.07) is 9.82. The van der Waals surface area contributed by atoms with E-state index in [1.165, 1.54) is 25.3 Å². The van der Waals surface area contributed by atoms with Crippen molar-refractivity contribution in [2.75, 3.05) is 19.0 Å². The van der Waals surface area contributed by atoms with Crippen molar-refractivity contribution >= 4 is 17.6 Å². The maximum atomic E-state index is 11.9. The maximum absolute atomic E-state index is 11.9. The molecule has 0 unspecified atom stereocenters. The Bertz CT molecular complexity index is 750. The molecule has 2 aromatic carbocycles. The summed E-state index contributed by atoms with van der Waals surface area (Å²) in [7, 11) is 1.45. The average Bonchev–Trinajstić information content (AvgIpc) is 2.51. The van der Waals surface area contributed by atoms with Gasteiger partial charge in [-0.25, -0.2) is 4.79 Å². The summed E-state index contributed by atoms with van der Waals surface area (Å²) < 4.78 is 9.86. The summed E-state index contributed by atoms with van der Waals surface area (Å²) in [5.41, 5.74) is 2.65. The molecule has 24 heavy (non-hydrogen) atoms. The number of aromatic hydroxyl groups is 1. The number of benzene rings is 2. The van der Waals surface area contributed by atoms with E-state index in [0.717, 1.165) is 11.1 Å². The molecular weight excluding hydrogens is 310 g/mol. The summed E-state index contributed by atoms with van der Waals surface area (Å²) in [6.07, 6.45) is 0. The molecular formula is C18H19NO5. The van der Waals surface area contributed by atoms with Crippen molar-refractivity contribution in [1.82, 2.24) is 0 Å². The van der Waals surface area contributed by atoms with Crippen LogP contribution in [-0.4, -0.2) is 30.7 Å². The zero-order valence-corrected chi connectivity index (χ0v) is 13.8. The minimum absolute atomic E-state index is 0.0324. The first-order valence-electron chi connectivity index (χ1n) is 7.31. The van der Waals surface area contributed by atoms with Crippen LogP contribution in [0.5, 0.6) is 11.5 Å². The van der Waals surface area contributed by atoms with Gasteiger partial charge < -0.3 is 19.9 Å². The number of anilines is 1. The second-order valence-corrected chi connectivity index (χ2v) is 5.38. The van der Waals surface area contributed by atoms with Crippen LogP contribution < -0.4 is 10.1 Å². The Morgan fingerprint density at radius 3 is 2.33 bits per heavy atom. The van der Waals surface area contributed by atoms with Crippen LogP contribution in [0.25, 0.3) is 0 Å². The third kappa shape index (κ3) is 4.49. The Balaban J connectivity index is 1.95. The smallest absolute Gasteiger partial charge is 0.342 e. The van der Waals surface area contributed by atoms with Gasteiger partial charge in [0.2, 0.25) is 0 Å². The van der Waals surface area contributed by atoms with Gasteiger partial charge in [0.1, 0.15) is 17.1 Å². The Kier molecular flexibility index (Phi) is 5.42. The first-order chi connectivity index (χ1) is 11.4. The molecule has 2 rings (SSSR count). The molecule has 2 aromatic rings. The number of methoxy groups -OCH3 is 1. The number of carbonyl (C=O) groups is 2. The fourth-order valence-electron chi connectivity index (χ4n) is 2.26. The molecule has 0 saturated carbocycles. The Hall–Kier alpha value is -3.02. The number of nitrogens with one attached hydrogen (secondary N) is 1. The zero-order chi connectivity index (χ0) is 17.7. The molecule has 0 aliphatic rings. The largest absolute Gasteiger partial charge is 0.507 e. The number of ether oxygens (including phenoxy) is 2. The minimum atomic E-state index is -0.786. The van der Waals surface area contributed by atoms with Gasteiger partial charge in [-0.1, -0.05) is 6.07 Å². The third-order valence-corrected chi connectivity index (χ3v) is 3.26. The molecule has 6 heteroatoms. The molecule has 0 atom stereocenters. The zero-order valence-electron chi connectivity index (χ0n) is 13.8. The summed E-state index contributed by atoms with van der Waals surface area (Å²) in [4.78, 5) is 23.8. The molecule has 1 amide bonds. The molecule has 6 nitrogen and oxygen atoms in total. The number of aryl methyl sites for hydroxylation is 2. The van der Waals surface area contributed by atoms with E-state index in [1.54, 1.807) is 0 Å². The van der Waals surface area contributed by atoms with E-state index in [1.807, 2.05) is 32.0 Å². The number of hydrogen-bond donors (Lipinski definition) is 2. The summed E-state index contributed by atoms with van der Waals surface area (Å²) in [6.45, 7) is 3.40. The van der Waals surface area contributed by atoms with Gasteiger partial charge >= 0.3 is 5.97 Å². The highest BCUT2D eigenvalue weighted by molar-refractivity contribution is 5.96. The summed E-state index contributed by atoms with van der Waals surface area (Å²) in [5.74, 6) is -1.10. The highest BCUT2D eigenvalue weighted by atomic mass is 16.5.